The molecule has 0 unspecified atom stereocenters. The average molecular weight is 891 g/mol. The van der Waals surface area contributed by atoms with Crippen LogP contribution < -0.4 is 14.5 Å². The summed E-state index contributed by atoms with van der Waals surface area (Å²) in [5, 5.41) is 0. The number of pyridine rings is 1. The van der Waals surface area contributed by atoms with Crippen molar-refractivity contribution in [1.29, 1.82) is 0 Å². The van der Waals surface area contributed by atoms with E-state index >= 15 is 0 Å². The summed E-state index contributed by atoms with van der Waals surface area (Å²) in [6.45, 7) is 22.9. The topological polar surface area (TPSA) is 41.0 Å². The first-order valence-corrected chi connectivity index (χ1v) is 24.0. The number of hydrogen-bond donors (Lipinski definition) is 0. The Labute approximate surface area is 403 Å². The van der Waals surface area contributed by atoms with Gasteiger partial charge in [0, 0.05) is 34.8 Å². The third-order valence-electron chi connectivity index (χ3n) is 14.8. The van der Waals surface area contributed by atoms with E-state index in [4.69, 9.17) is 14.7 Å². The number of ether oxygens (including phenoxy) is 1. The van der Waals surface area contributed by atoms with Gasteiger partial charge in [-0.15, -0.1) is 0 Å². The van der Waals surface area contributed by atoms with Gasteiger partial charge < -0.3 is 9.64 Å². The van der Waals surface area contributed by atoms with Crippen LogP contribution in [0.5, 0.6) is 11.5 Å². The number of aliphatic imine (C=N–C) groups is 1. The summed E-state index contributed by atoms with van der Waals surface area (Å²) in [6.07, 6.45) is 1.94. The van der Waals surface area contributed by atoms with Crippen molar-refractivity contribution < 1.29 is 4.74 Å². The zero-order valence-corrected chi connectivity index (χ0v) is 41.2. The van der Waals surface area contributed by atoms with E-state index in [1.165, 1.54) is 44.6 Å². The number of anilines is 4. The van der Waals surface area contributed by atoms with Crippen LogP contribution in [0.15, 0.2) is 193 Å². The zero-order chi connectivity index (χ0) is 47.6. The third-order valence-corrected chi connectivity index (χ3v) is 14.8. The summed E-state index contributed by atoms with van der Waals surface area (Å²) in [5.74, 6) is 3.22. The lowest BCUT2D eigenvalue weighted by molar-refractivity contribution is 0.279. The van der Waals surface area contributed by atoms with Gasteiger partial charge in [0.05, 0.1) is 22.5 Å². The Morgan fingerprint density at radius 1 is 0.529 bits per heavy atom. The zero-order valence-electron chi connectivity index (χ0n) is 41.2. The lowest BCUT2D eigenvalue weighted by atomic mass is 9.66. The molecule has 0 aliphatic carbocycles. The van der Waals surface area contributed by atoms with E-state index in [9.17, 15) is 0 Å². The van der Waals surface area contributed by atoms with Crippen molar-refractivity contribution in [1.82, 2.24) is 4.98 Å². The van der Waals surface area contributed by atoms with E-state index in [1.807, 2.05) is 6.20 Å². The molecule has 0 saturated heterocycles. The molecule has 68 heavy (non-hydrogen) atoms. The molecule has 1 atom stereocenters. The molecule has 0 amide bonds. The first kappa shape index (κ1) is 44.6. The Morgan fingerprint density at radius 2 is 1.12 bits per heavy atom. The first-order chi connectivity index (χ1) is 32.6. The summed E-state index contributed by atoms with van der Waals surface area (Å²) < 4.78 is 7.18. The van der Waals surface area contributed by atoms with Crippen molar-refractivity contribution in [2.45, 2.75) is 97.1 Å². The van der Waals surface area contributed by atoms with Gasteiger partial charge in [0.2, 0.25) is 0 Å². The molecule has 0 radical (unpaired) electrons. The number of rotatable bonds is 9. The monoisotopic (exact) mass is 890 g/mol. The smallest absolute Gasteiger partial charge is 0.137 e. The second kappa shape index (κ2) is 16.8. The molecule has 340 valence electrons. The van der Waals surface area contributed by atoms with Crippen LogP contribution in [-0.4, -0.2) is 21.9 Å². The van der Waals surface area contributed by atoms with Crippen LogP contribution in [0.3, 0.4) is 0 Å². The van der Waals surface area contributed by atoms with Gasteiger partial charge in [0.1, 0.15) is 23.2 Å². The van der Waals surface area contributed by atoms with Gasteiger partial charge in [-0.05, 0) is 133 Å². The van der Waals surface area contributed by atoms with E-state index in [0.717, 1.165) is 51.2 Å². The van der Waals surface area contributed by atoms with Gasteiger partial charge in [0.25, 0.3) is 0 Å². The highest BCUT2D eigenvalue weighted by molar-refractivity contribution is 6.14. The molecule has 2 aliphatic heterocycles. The molecular weight excluding hydrogens is 829 g/mol. The minimum Gasteiger partial charge on any atom is -0.457 e. The molecule has 5 heteroatoms. The molecule has 10 rings (SSSR count). The number of fused-ring (bicyclic) bond motifs is 2. The molecule has 0 fully saturated rings. The van der Waals surface area contributed by atoms with Gasteiger partial charge in [-0.25, -0.2) is 4.98 Å². The van der Waals surface area contributed by atoms with Gasteiger partial charge in [-0.3, -0.25) is 9.89 Å². The number of benzene rings is 7. The maximum Gasteiger partial charge on any atom is 0.137 e. The highest BCUT2D eigenvalue weighted by atomic mass is 16.5. The van der Waals surface area contributed by atoms with Crippen LogP contribution in [0.1, 0.15) is 106 Å². The minimum atomic E-state index is -0.574. The third kappa shape index (κ3) is 7.59. The SMILES string of the molecule is Cc1cccc(C)c1N1C(c2cc(Oc3ccc4c(c3)N(c3cc(C(C)(C)C)ccn3)c3ccccc3C4(C)C)cc(-c3ccccc3)c2)=NC(C)(C)[C@]1(C)C(c1ccccc1)c1ccccc1. The fourth-order valence-electron chi connectivity index (χ4n) is 11.0. The number of aryl methyl sites for hydroxylation is 2. The summed E-state index contributed by atoms with van der Waals surface area (Å²) in [7, 11) is 0. The van der Waals surface area contributed by atoms with E-state index in [1.54, 1.807) is 0 Å². The van der Waals surface area contributed by atoms with Crippen LogP contribution in [0.25, 0.3) is 11.1 Å². The van der Waals surface area contributed by atoms with Gasteiger partial charge in [-0.1, -0.05) is 168 Å². The van der Waals surface area contributed by atoms with E-state index in [2.05, 4.69) is 261 Å². The van der Waals surface area contributed by atoms with E-state index in [0.29, 0.717) is 0 Å². The molecule has 8 aromatic rings. The predicted molar refractivity (Wildman–Crippen MR) is 284 cm³/mol. The molecule has 2 aliphatic rings. The highest BCUT2D eigenvalue weighted by Gasteiger charge is 2.58. The van der Waals surface area contributed by atoms with Crippen molar-refractivity contribution in [3.05, 3.63) is 233 Å². The van der Waals surface area contributed by atoms with Gasteiger partial charge in [-0.2, -0.15) is 0 Å². The largest absolute Gasteiger partial charge is 0.457 e. The lowest BCUT2D eigenvalue weighted by Crippen LogP contribution is -2.60. The van der Waals surface area contributed by atoms with Crippen molar-refractivity contribution in [2.75, 3.05) is 9.80 Å². The molecule has 0 bridgehead atoms. The average Bonchev–Trinajstić information content (AvgIpc) is 3.54. The maximum atomic E-state index is 7.18. The van der Waals surface area contributed by atoms with Crippen LogP contribution in [0, 0.1) is 13.8 Å². The lowest BCUT2D eigenvalue weighted by Gasteiger charge is -2.50. The number of para-hydroxylation sites is 2. The number of nitrogens with zero attached hydrogens (tertiary/aromatic N) is 4. The van der Waals surface area contributed by atoms with Crippen LogP contribution in [0.4, 0.5) is 22.9 Å². The predicted octanol–water partition coefficient (Wildman–Crippen LogP) is 16.2. The van der Waals surface area contributed by atoms with Crippen LogP contribution in [0.2, 0.25) is 0 Å². The Kier molecular flexibility index (Phi) is 11.0. The van der Waals surface area contributed by atoms with Gasteiger partial charge in [0.15, 0.2) is 0 Å². The molecule has 1 aromatic heterocycles. The second-order valence-electron chi connectivity index (χ2n) is 21.0. The van der Waals surface area contributed by atoms with Crippen molar-refractivity contribution in [2.24, 2.45) is 4.99 Å². The van der Waals surface area contributed by atoms with Crippen LogP contribution in [-0.2, 0) is 10.8 Å². The summed E-state index contributed by atoms with van der Waals surface area (Å²) in [4.78, 5) is 15.8. The Morgan fingerprint density at radius 3 is 1.76 bits per heavy atom. The fourth-order valence-corrected chi connectivity index (χ4v) is 11.0. The van der Waals surface area contributed by atoms with Crippen molar-refractivity contribution >= 4 is 28.7 Å². The standard InChI is InChI=1S/C63H62N4O/c1-42-23-22-24-43(2)58(42)67-59(65-62(8,9)63(67,10)57(45-27-16-12-17-28-45)46-29-18-13-19-30-46)48-37-47(44-25-14-11-15-26-44)38-51(39-48)68-50-33-34-53-55(41-50)66(54-32-21-20-31-52(54)61(53,6)7)56-40-49(35-36-64-56)60(3,4)5/h11-41,57H,1-10H3/t63-/m0/s1. The van der Waals surface area contributed by atoms with Crippen LogP contribution >= 0.6 is 0 Å². The molecule has 3 heterocycles. The molecule has 0 saturated carbocycles. The van der Waals surface area contributed by atoms with E-state index < -0.39 is 11.1 Å². The Balaban J connectivity index is 1.16. The Bertz CT molecular complexity index is 3120. The molecule has 0 N–H and O–H groups in total. The number of hydrogen-bond acceptors (Lipinski definition) is 5. The Hall–Kier alpha value is -7.24. The summed E-state index contributed by atoms with van der Waals surface area (Å²) >= 11 is 0. The maximum absolute atomic E-state index is 7.18. The normalized spacial score (nSPS) is 17.1. The number of amidine groups is 1. The van der Waals surface area contributed by atoms with Crippen molar-refractivity contribution in [3.63, 3.8) is 0 Å². The molecule has 5 nitrogen and oxygen atoms in total. The highest BCUT2D eigenvalue weighted by Crippen LogP contribution is 2.55. The van der Waals surface area contributed by atoms with Crippen molar-refractivity contribution in [3.8, 4) is 22.6 Å². The molecular formula is C63H62N4O. The van der Waals surface area contributed by atoms with Gasteiger partial charge >= 0.3 is 0 Å². The quantitative estimate of drug-likeness (QED) is 0.145. The molecule has 0 spiro atoms. The second-order valence-corrected chi connectivity index (χ2v) is 21.0. The minimum absolute atomic E-state index is 0.0420. The molecule has 7 aromatic carbocycles. The number of aromatic nitrogens is 1. The first-order valence-electron chi connectivity index (χ1n) is 24.0. The summed E-state index contributed by atoms with van der Waals surface area (Å²) in [5.41, 5.74) is 13.6. The summed E-state index contributed by atoms with van der Waals surface area (Å²) in [6, 6.07) is 65.5. The fraction of sp³-hybridized carbons (Fsp3) is 0.238. The van der Waals surface area contributed by atoms with E-state index in [-0.39, 0.29) is 16.7 Å².